The summed E-state index contributed by atoms with van der Waals surface area (Å²) in [7, 11) is 0. The molecule has 2 N–H and O–H groups in total. The van der Waals surface area contributed by atoms with Crippen LogP contribution in [0.2, 0.25) is 0 Å². The molecule has 0 saturated carbocycles. The number of allylic oxidation sites excluding steroid dienone is 2. The predicted molar refractivity (Wildman–Crippen MR) is 98.1 cm³/mol. The standard InChI is InChI=1S/C21H25NO4/c1-4-25-21(24)19-17(14-10-8-13(9-11-14)12(2)3)18-15(23)6-5-7-16(18)26-20(19)22/h8-12,17H,4-7,22H2,1-3H3. The van der Waals surface area contributed by atoms with Gasteiger partial charge in [-0.1, -0.05) is 38.1 Å². The second-order valence-electron chi connectivity index (χ2n) is 6.97. The fraction of sp³-hybridized carbons (Fsp3) is 0.429. The van der Waals surface area contributed by atoms with Gasteiger partial charge in [-0.25, -0.2) is 4.79 Å². The Balaban J connectivity index is 2.12. The number of hydrogen-bond acceptors (Lipinski definition) is 5. The minimum atomic E-state index is -0.535. The number of rotatable bonds is 4. The highest BCUT2D eigenvalue weighted by Crippen LogP contribution is 2.44. The molecule has 0 fully saturated rings. The molecule has 3 rings (SSSR count). The molecule has 1 atom stereocenters. The SMILES string of the molecule is CCOC(=O)C1=C(N)OC2=C(C(=O)CCC2)C1c1ccc(C(C)C)cc1. The Morgan fingerprint density at radius 3 is 2.58 bits per heavy atom. The van der Waals surface area contributed by atoms with Crippen LogP contribution in [0.15, 0.2) is 47.1 Å². The van der Waals surface area contributed by atoms with Gasteiger partial charge in [-0.3, -0.25) is 4.79 Å². The third-order valence-electron chi connectivity index (χ3n) is 4.92. The third-order valence-corrected chi connectivity index (χ3v) is 4.92. The molecule has 1 heterocycles. The molecule has 2 aliphatic rings. The molecule has 1 aromatic carbocycles. The van der Waals surface area contributed by atoms with E-state index in [-0.39, 0.29) is 23.8 Å². The molecule has 0 saturated heterocycles. The average molecular weight is 355 g/mol. The van der Waals surface area contributed by atoms with Gasteiger partial charge in [0.1, 0.15) is 11.3 Å². The van der Waals surface area contributed by atoms with Crippen LogP contribution in [0.3, 0.4) is 0 Å². The molecule has 0 spiro atoms. The van der Waals surface area contributed by atoms with E-state index < -0.39 is 11.9 Å². The topological polar surface area (TPSA) is 78.6 Å². The summed E-state index contributed by atoms with van der Waals surface area (Å²) in [5, 5.41) is 0. The van der Waals surface area contributed by atoms with E-state index in [1.807, 2.05) is 24.3 Å². The van der Waals surface area contributed by atoms with E-state index in [0.29, 0.717) is 30.1 Å². The zero-order valence-electron chi connectivity index (χ0n) is 15.5. The first-order chi connectivity index (χ1) is 12.4. The zero-order valence-corrected chi connectivity index (χ0v) is 15.5. The monoisotopic (exact) mass is 355 g/mol. The summed E-state index contributed by atoms with van der Waals surface area (Å²) >= 11 is 0. The summed E-state index contributed by atoms with van der Waals surface area (Å²) in [5.41, 5.74) is 8.89. The fourth-order valence-electron chi connectivity index (χ4n) is 3.57. The Morgan fingerprint density at radius 2 is 1.96 bits per heavy atom. The lowest BCUT2D eigenvalue weighted by Crippen LogP contribution is -2.31. The smallest absolute Gasteiger partial charge is 0.340 e. The van der Waals surface area contributed by atoms with Crippen LogP contribution in [-0.4, -0.2) is 18.4 Å². The quantitative estimate of drug-likeness (QED) is 0.834. The van der Waals surface area contributed by atoms with Crippen molar-refractivity contribution in [1.82, 2.24) is 0 Å². The number of ketones is 1. The normalized spacial score (nSPS) is 20.2. The van der Waals surface area contributed by atoms with Gasteiger partial charge in [0.2, 0.25) is 5.88 Å². The highest BCUT2D eigenvalue weighted by molar-refractivity contribution is 6.03. The molecule has 5 heteroatoms. The van der Waals surface area contributed by atoms with Crippen molar-refractivity contribution in [2.24, 2.45) is 5.73 Å². The van der Waals surface area contributed by atoms with Gasteiger partial charge in [0.15, 0.2) is 5.78 Å². The summed E-state index contributed by atoms with van der Waals surface area (Å²) in [6, 6.07) is 7.98. The van der Waals surface area contributed by atoms with E-state index in [9.17, 15) is 9.59 Å². The predicted octanol–water partition coefficient (Wildman–Crippen LogP) is 3.66. The molecule has 0 amide bonds. The highest BCUT2D eigenvalue weighted by atomic mass is 16.5. The summed E-state index contributed by atoms with van der Waals surface area (Å²) in [4.78, 5) is 25.2. The Kier molecular flexibility index (Phi) is 5.16. The second-order valence-corrected chi connectivity index (χ2v) is 6.97. The maximum atomic E-state index is 12.7. The van der Waals surface area contributed by atoms with Crippen LogP contribution in [0.25, 0.3) is 0 Å². The van der Waals surface area contributed by atoms with Crippen molar-refractivity contribution in [2.45, 2.75) is 51.9 Å². The summed E-state index contributed by atoms with van der Waals surface area (Å²) in [6.45, 7) is 6.21. The van der Waals surface area contributed by atoms with Gasteiger partial charge in [-0.2, -0.15) is 0 Å². The van der Waals surface area contributed by atoms with Crippen LogP contribution in [0.1, 0.15) is 63.0 Å². The van der Waals surface area contributed by atoms with Gasteiger partial charge in [-0.05, 0) is 30.4 Å². The maximum Gasteiger partial charge on any atom is 0.340 e. The minimum absolute atomic E-state index is 0.0125. The number of Topliss-reactive ketones (excluding diaryl/α,β-unsaturated/α-hetero) is 1. The first-order valence-corrected chi connectivity index (χ1v) is 9.14. The van der Waals surface area contributed by atoms with Crippen LogP contribution in [0.4, 0.5) is 0 Å². The number of esters is 1. The first-order valence-electron chi connectivity index (χ1n) is 9.14. The highest BCUT2D eigenvalue weighted by Gasteiger charge is 2.41. The van der Waals surface area contributed by atoms with E-state index in [0.717, 1.165) is 12.0 Å². The Hall–Kier alpha value is -2.56. The van der Waals surface area contributed by atoms with Crippen molar-refractivity contribution in [3.63, 3.8) is 0 Å². The van der Waals surface area contributed by atoms with E-state index in [1.54, 1.807) is 6.92 Å². The molecular weight excluding hydrogens is 330 g/mol. The summed E-state index contributed by atoms with van der Waals surface area (Å²) in [6.07, 6.45) is 1.84. The number of carbonyl (C=O) groups excluding carboxylic acids is 2. The number of hydrogen-bond donors (Lipinski definition) is 1. The van der Waals surface area contributed by atoms with Crippen LogP contribution in [0.5, 0.6) is 0 Å². The largest absolute Gasteiger partial charge is 0.462 e. The van der Waals surface area contributed by atoms with Gasteiger partial charge in [0, 0.05) is 18.4 Å². The van der Waals surface area contributed by atoms with Crippen LogP contribution in [0, 0.1) is 0 Å². The lowest BCUT2D eigenvalue weighted by molar-refractivity contribution is -0.139. The average Bonchev–Trinajstić information content (AvgIpc) is 2.61. The van der Waals surface area contributed by atoms with Crippen molar-refractivity contribution in [3.05, 3.63) is 58.2 Å². The van der Waals surface area contributed by atoms with Gasteiger partial charge in [0.05, 0.1) is 12.5 Å². The number of nitrogens with two attached hydrogens (primary N) is 1. The maximum absolute atomic E-state index is 12.7. The molecule has 1 aliphatic heterocycles. The van der Waals surface area contributed by atoms with Gasteiger partial charge >= 0.3 is 5.97 Å². The summed E-state index contributed by atoms with van der Waals surface area (Å²) in [5.74, 6) is -0.0345. The van der Waals surface area contributed by atoms with Gasteiger partial charge in [-0.15, -0.1) is 0 Å². The summed E-state index contributed by atoms with van der Waals surface area (Å²) < 4.78 is 10.9. The number of ether oxygens (including phenoxy) is 2. The molecule has 0 bridgehead atoms. The van der Waals surface area contributed by atoms with Crippen LogP contribution in [-0.2, 0) is 19.1 Å². The molecular formula is C21H25NO4. The molecule has 1 aromatic rings. The van der Waals surface area contributed by atoms with Crippen LogP contribution >= 0.6 is 0 Å². The fourth-order valence-corrected chi connectivity index (χ4v) is 3.57. The van der Waals surface area contributed by atoms with E-state index in [2.05, 4.69) is 13.8 Å². The van der Waals surface area contributed by atoms with Crippen molar-refractivity contribution in [2.75, 3.05) is 6.61 Å². The van der Waals surface area contributed by atoms with Gasteiger partial charge < -0.3 is 15.2 Å². The molecule has 5 nitrogen and oxygen atoms in total. The van der Waals surface area contributed by atoms with Crippen LogP contribution < -0.4 is 5.73 Å². The van der Waals surface area contributed by atoms with E-state index in [4.69, 9.17) is 15.2 Å². The lowest BCUT2D eigenvalue weighted by Gasteiger charge is -2.32. The molecule has 1 aliphatic carbocycles. The molecule has 1 unspecified atom stereocenters. The van der Waals surface area contributed by atoms with E-state index >= 15 is 0 Å². The van der Waals surface area contributed by atoms with Crippen molar-refractivity contribution < 1.29 is 19.1 Å². The number of benzene rings is 1. The number of carbonyl (C=O) groups is 2. The third kappa shape index (κ3) is 3.26. The van der Waals surface area contributed by atoms with Crippen molar-refractivity contribution >= 4 is 11.8 Å². The second kappa shape index (κ2) is 7.36. The van der Waals surface area contributed by atoms with Crippen molar-refractivity contribution in [3.8, 4) is 0 Å². The Bertz CT molecular complexity index is 787. The first kappa shape index (κ1) is 18.2. The minimum Gasteiger partial charge on any atom is -0.462 e. The molecule has 138 valence electrons. The Morgan fingerprint density at radius 1 is 1.27 bits per heavy atom. The van der Waals surface area contributed by atoms with Gasteiger partial charge in [0.25, 0.3) is 0 Å². The molecule has 0 aromatic heterocycles. The van der Waals surface area contributed by atoms with Crippen molar-refractivity contribution in [1.29, 1.82) is 0 Å². The Labute approximate surface area is 153 Å². The van der Waals surface area contributed by atoms with E-state index in [1.165, 1.54) is 5.56 Å². The lowest BCUT2D eigenvalue weighted by atomic mass is 9.77. The molecule has 0 radical (unpaired) electrons. The molecule has 26 heavy (non-hydrogen) atoms. The zero-order chi connectivity index (χ0) is 18.8.